The van der Waals surface area contributed by atoms with Crippen molar-refractivity contribution in [2.24, 2.45) is 5.92 Å². The number of carbonyl (C=O) groups excluding carboxylic acids is 2. The number of benzene rings is 1. The molecule has 3 aromatic rings. The van der Waals surface area contributed by atoms with Gasteiger partial charge in [-0.3, -0.25) is 9.59 Å². The predicted molar refractivity (Wildman–Crippen MR) is 125 cm³/mol. The van der Waals surface area contributed by atoms with E-state index < -0.39 is 11.7 Å². The van der Waals surface area contributed by atoms with E-state index in [0.29, 0.717) is 33.8 Å². The molecule has 0 radical (unpaired) electrons. The van der Waals surface area contributed by atoms with Gasteiger partial charge in [0.2, 0.25) is 5.78 Å². The Balaban J connectivity index is 1.74. The maximum Gasteiger partial charge on any atom is 0.262 e. The third-order valence-electron chi connectivity index (χ3n) is 6.54. The van der Waals surface area contributed by atoms with Crippen LogP contribution in [0.25, 0.3) is 11.6 Å². The zero-order chi connectivity index (χ0) is 23.5. The second-order valence-electron chi connectivity index (χ2n) is 8.69. The van der Waals surface area contributed by atoms with Crippen LogP contribution in [0.2, 0.25) is 0 Å². The van der Waals surface area contributed by atoms with Gasteiger partial charge in [-0.05, 0) is 73.7 Å². The van der Waals surface area contributed by atoms with Crippen molar-refractivity contribution >= 4 is 23.3 Å². The van der Waals surface area contributed by atoms with Crippen molar-refractivity contribution in [3.8, 4) is 6.07 Å². The fourth-order valence-electron chi connectivity index (χ4n) is 4.63. The summed E-state index contributed by atoms with van der Waals surface area (Å²) in [5.74, 6) is -0.687. The van der Waals surface area contributed by atoms with E-state index in [0.717, 1.165) is 25.7 Å². The first-order chi connectivity index (χ1) is 15.9. The number of rotatable bonds is 5. The summed E-state index contributed by atoms with van der Waals surface area (Å²) in [6, 6.07) is 13.0. The lowest BCUT2D eigenvalue weighted by molar-refractivity contribution is -0.118. The lowest BCUT2D eigenvalue weighted by Gasteiger charge is -2.29. The van der Waals surface area contributed by atoms with Gasteiger partial charge in [0.25, 0.3) is 5.91 Å². The van der Waals surface area contributed by atoms with E-state index in [1.165, 1.54) is 24.3 Å². The summed E-state index contributed by atoms with van der Waals surface area (Å²) in [5, 5.41) is 12.8. The SMILES string of the molecule is Cc1c(/C=C(\C#N)C(=O)N[C@@H]2CCCC[C@H]2C)c2ccccn2c1C(=O)c1ccc(F)cc1. The molecule has 0 aliphatic heterocycles. The summed E-state index contributed by atoms with van der Waals surface area (Å²) in [4.78, 5) is 26.2. The van der Waals surface area contributed by atoms with Crippen molar-refractivity contribution in [2.75, 3.05) is 0 Å². The first-order valence-electron chi connectivity index (χ1n) is 11.2. The summed E-state index contributed by atoms with van der Waals surface area (Å²) in [6.07, 6.45) is 7.54. The van der Waals surface area contributed by atoms with Crippen molar-refractivity contribution in [1.29, 1.82) is 5.26 Å². The van der Waals surface area contributed by atoms with Crippen LogP contribution in [0.3, 0.4) is 0 Å². The lowest BCUT2D eigenvalue weighted by atomic mass is 9.86. The summed E-state index contributed by atoms with van der Waals surface area (Å²) in [7, 11) is 0. The number of nitriles is 1. The summed E-state index contributed by atoms with van der Waals surface area (Å²) < 4.78 is 15.1. The molecule has 1 aliphatic rings. The number of hydrogen-bond donors (Lipinski definition) is 1. The first kappa shape index (κ1) is 22.5. The average Bonchev–Trinajstić information content (AvgIpc) is 3.09. The van der Waals surface area contributed by atoms with Gasteiger partial charge in [0.15, 0.2) is 0 Å². The van der Waals surface area contributed by atoms with Gasteiger partial charge < -0.3 is 9.72 Å². The van der Waals surface area contributed by atoms with E-state index in [1.807, 2.05) is 24.3 Å². The number of aromatic nitrogens is 1. The largest absolute Gasteiger partial charge is 0.348 e. The maximum absolute atomic E-state index is 13.3. The van der Waals surface area contributed by atoms with Gasteiger partial charge in [-0.2, -0.15) is 5.26 Å². The van der Waals surface area contributed by atoms with E-state index >= 15 is 0 Å². The van der Waals surface area contributed by atoms with E-state index in [1.54, 1.807) is 23.6 Å². The van der Waals surface area contributed by atoms with Crippen LogP contribution in [0.5, 0.6) is 0 Å². The Morgan fingerprint density at radius 3 is 2.58 bits per heavy atom. The van der Waals surface area contributed by atoms with Crippen molar-refractivity contribution < 1.29 is 14.0 Å². The molecule has 1 amide bonds. The Morgan fingerprint density at radius 2 is 1.88 bits per heavy atom. The highest BCUT2D eigenvalue weighted by Gasteiger charge is 2.25. The number of nitrogens with one attached hydrogen (secondary N) is 1. The molecule has 2 heterocycles. The summed E-state index contributed by atoms with van der Waals surface area (Å²) in [5.41, 5.74) is 2.80. The molecule has 1 aliphatic carbocycles. The summed E-state index contributed by atoms with van der Waals surface area (Å²) >= 11 is 0. The number of halogens is 1. The topological polar surface area (TPSA) is 74.4 Å². The number of ketones is 1. The minimum atomic E-state index is -0.413. The molecule has 33 heavy (non-hydrogen) atoms. The van der Waals surface area contributed by atoms with Gasteiger partial charge in [-0.15, -0.1) is 0 Å². The smallest absolute Gasteiger partial charge is 0.262 e. The molecule has 2 atom stereocenters. The average molecular weight is 444 g/mol. The number of hydrogen-bond acceptors (Lipinski definition) is 3. The van der Waals surface area contributed by atoms with Crippen LogP contribution in [0.1, 0.15) is 59.8 Å². The van der Waals surface area contributed by atoms with Crippen molar-refractivity contribution in [1.82, 2.24) is 9.72 Å². The lowest BCUT2D eigenvalue weighted by Crippen LogP contribution is -2.41. The van der Waals surface area contributed by atoms with Gasteiger partial charge >= 0.3 is 0 Å². The number of nitrogens with zero attached hydrogens (tertiary/aromatic N) is 2. The normalized spacial score (nSPS) is 18.7. The molecule has 4 rings (SSSR count). The van der Waals surface area contributed by atoms with Crippen molar-refractivity contribution in [3.05, 3.63) is 82.4 Å². The van der Waals surface area contributed by atoms with Crippen LogP contribution < -0.4 is 5.32 Å². The molecule has 1 fully saturated rings. The fourth-order valence-corrected chi connectivity index (χ4v) is 4.63. The quantitative estimate of drug-likeness (QED) is 0.334. The molecule has 6 heteroatoms. The molecule has 5 nitrogen and oxygen atoms in total. The van der Waals surface area contributed by atoms with E-state index in [9.17, 15) is 19.2 Å². The highest BCUT2D eigenvalue weighted by molar-refractivity contribution is 6.11. The Labute approximate surface area is 192 Å². The molecule has 1 N–H and O–H groups in total. The van der Waals surface area contributed by atoms with Crippen molar-refractivity contribution in [2.45, 2.75) is 45.6 Å². The Morgan fingerprint density at radius 1 is 1.15 bits per heavy atom. The second-order valence-corrected chi connectivity index (χ2v) is 8.69. The zero-order valence-corrected chi connectivity index (χ0v) is 18.8. The number of fused-ring (bicyclic) bond motifs is 1. The molecule has 2 aromatic heterocycles. The van der Waals surface area contributed by atoms with Gasteiger partial charge in [0.1, 0.15) is 17.5 Å². The molecular weight excluding hydrogens is 417 g/mol. The molecule has 0 saturated heterocycles. The highest BCUT2D eigenvalue weighted by atomic mass is 19.1. The number of carbonyl (C=O) groups is 2. The molecule has 0 bridgehead atoms. The molecule has 1 aromatic carbocycles. The van der Waals surface area contributed by atoms with Crippen LogP contribution in [-0.4, -0.2) is 22.1 Å². The van der Waals surface area contributed by atoms with Gasteiger partial charge in [-0.1, -0.05) is 25.8 Å². The van der Waals surface area contributed by atoms with Crippen molar-refractivity contribution in [3.63, 3.8) is 0 Å². The first-order valence-corrected chi connectivity index (χ1v) is 11.2. The Hall–Kier alpha value is -3.72. The zero-order valence-electron chi connectivity index (χ0n) is 18.8. The van der Waals surface area contributed by atoms with Crippen LogP contribution in [0.4, 0.5) is 4.39 Å². The van der Waals surface area contributed by atoms with Gasteiger partial charge in [-0.25, -0.2) is 4.39 Å². The van der Waals surface area contributed by atoms with E-state index in [-0.39, 0.29) is 17.4 Å². The van der Waals surface area contributed by atoms with Crippen LogP contribution in [-0.2, 0) is 4.79 Å². The van der Waals surface area contributed by atoms with Gasteiger partial charge in [0, 0.05) is 23.4 Å². The van der Waals surface area contributed by atoms with Crippen LogP contribution >= 0.6 is 0 Å². The van der Waals surface area contributed by atoms with Gasteiger partial charge in [0.05, 0.1) is 11.2 Å². The summed E-state index contributed by atoms with van der Waals surface area (Å²) in [6.45, 7) is 3.92. The monoisotopic (exact) mass is 443 g/mol. The predicted octanol–water partition coefficient (Wildman–Crippen LogP) is 5.22. The van der Waals surface area contributed by atoms with E-state index in [4.69, 9.17) is 0 Å². The minimum absolute atomic E-state index is 0.00741. The Bertz CT molecular complexity index is 1280. The van der Waals surface area contributed by atoms with E-state index in [2.05, 4.69) is 12.2 Å². The molecular formula is C27H26FN3O2. The highest BCUT2D eigenvalue weighted by Crippen LogP contribution is 2.28. The third kappa shape index (κ3) is 4.45. The second kappa shape index (κ2) is 9.41. The fraction of sp³-hybridized carbons (Fsp3) is 0.296. The number of pyridine rings is 1. The minimum Gasteiger partial charge on any atom is -0.348 e. The maximum atomic E-state index is 13.3. The Kier molecular flexibility index (Phi) is 6.41. The standard InChI is InChI=1S/C27H26FN3O2/c1-17-7-3-4-8-23(17)30-27(33)20(16-29)15-22-18(2)25(31-14-6-5-9-24(22)31)26(32)19-10-12-21(28)13-11-19/h5-6,9-15,17,23H,3-4,7-8H2,1-2H3,(H,30,33)/b20-15+/t17-,23-/m1/s1. The van der Waals surface area contributed by atoms with Crippen LogP contribution in [0.15, 0.2) is 54.2 Å². The molecule has 1 saturated carbocycles. The van der Waals surface area contributed by atoms with Crippen LogP contribution in [0, 0.1) is 30.0 Å². The molecule has 0 unspecified atom stereocenters. The molecule has 168 valence electrons. The third-order valence-corrected chi connectivity index (χ3v) is 6.54. The number of amides is 1. The molecule has 0 spiro atoms.